The van der Waals surface area contributed by atoms with E-state index in [2.05, 4.69) is 17.0 Å². The number of aromatic nitrogens is 1. The van der Waals surface area contributed by atoms with Crippen molar-refractivity contribution in [3.63, 3.8) is 0 Å². The molecule has 0 atom stereocenters. The molecule has 4 heteroatoms. The molecule has 2 aromatic carbocycles. The van der Waals surface area contributed by atoms with Crippen LogP contribution in [0.25, 0.3) is 20.8 Å². The van der Waals surface area contributed by atoms with Crippen LogP contribution in [0.2, 0.25) is 0 Å². The number of hydrogen-bond acceptors (Lipinski definition) is 4. The van der Waals surface area contributed by atoms with E-state index in [-0.39, 0.29) is 6.61 Å². The summed E-state index contributed by atoms with van der Waals surface area (Å²) in [5.41, 5.74) is 2.00. The molecular weight excluding hydrogens is 282 g/mol. The van der Waals surface area contributed by atoms with Crippen LogP contribution in [-0.2, 0) is 0 Å². The van der Waals surface area contributed by atoms with Crippen molar-refractivity contribution in [2.75, 3.05) is 13.7 Å². The van der Waals surface area contributed by atoms with Crippen molar-refractivity contribution in [3.8, 4) is 34.4 Å². The lowest BCUT2D eigenvalue weighted by Crippen LogP contribution is -1.96. The Balaban J connectivity index is 2.00. The monoisotopic (exact) mass is 295 g/mol. The molecule has 0 aliphatic carbocycles. The molecule has 0 saturated heterocycles. The third-order valence-corrected chi connectivity index (χ3v) is 4.10. The highest BCUT2D eigenvalue weighted by molar-refractivity contribution is 7.21. The molecule has 0 fully saturated rings. The zero-order valence-corrected chi connectivity index (χ0v) is 12.3. The molecule has 3 rings (SSSR count). The summed E-state index contributed by atoms with van der Waals surface area (Å²) in [7, 11) is 1.61. The van der Waals surface area contributed by atoms with Gasteiger partial charge in [0, 0.05) is 5.56 Å². The molecule has 0 bridgehead atoms. The first-order chi connectivity index (χ1) is 10.3. The third kappa shape index (κ3) is 2.69. The molecule has 0 spiro atoms. The number of nitrogens with zero attached hydrogens (tertiary/aromatic N) is 1. The largest absolute Gasteiger partial charge is 0.493 e. The van der Waals surface area contributed by atoms with E-state index in [0.717, 1.165) is 16.1 Å². The highest BCUT2D eigenvalue weighted by Gasteiger charge is 2.10. The van der Waals surface area contributed by atoms with Gasteiger partial charge < -0.3 is 9.47 Å². The smallest absolute Gasteiger partial charge is 0.162 e. The summed E-state index contributed by atoms with van der Waals surface area (Å²) in [4.78, 5) is 4.64. The first-order valence-electron chi connectivity index (χ1n) is 6.42. The quantitative estimate of drug-likeness (QED) is 0.682. The highest BCUT2D eigenvalue weighted by atomic mass is 32.1. The normalized spacial score (nSPS) is 10.3. The maximum atomic E-state index is 5.45. The first kappa shape index (κ1) is 13.5. The number of fused-ring (bicyclic) bond motifs is 1. The molecule has 0 unspecified atom stereocenters. The topological polar surface area (TPSA) is 31.4 Å². The third-order valence-electron chi connectivity index (χ3n) is 3.02. The molecule has 0 N–H and O–H groups in total. The molecule has 1 aromatic heterocycles. The SMILES string of the molecule is C#CCOc1ccc(-c2nc3ccccc3s2)cc1OC. The number of methoxy groups -OCH3 is 1. The van der Waals surface area contributed by atoms with Gasteiger partial charge in [0.15, 0.2) is 11.5 Å². The fourth-order valence-electron chi connectivity index (χ4n) is 2.03. The fraction of sp³-hybridized carbons (Fsp3) is 0.118. The van der Waals surface area contributed by atoms with Crippen molar-refractivity contribution < 1.29 is 9.47 Å². The van der Waals surface area contributed by atoms with Crippen LogP contribution in [0.3, 0.4) is 0 Å². The van der Waals surface area contributed by atoms with Gasteiger partial charge in [-0.15, -0.1) is 17.8 Å². The summed E-state index contributed by atoms with van der Waals surface area (Å²) >= 11 is 1.65. The van der Waals surface area contributed by atoms with Gasteiger partial charge in [-0.2, -0.15) is 0 Å². The lowest BCUT2D eigenvalue weighted by molar-refractivity contribution is 0.331. The Hall–Kier alpha value is -2.51. The van der Waals surface area contributed by atoms with Crippen molar-refractivity contribution in [1.82, 2.24) is 4.98 Å². The van der Waals surface area contributed by atoms with E-state index in [9.17, 15) is 0 Å². The first-order valence-corrected chi connectivity index (χ1v) is 7.23. The van der Waals surface area contributed by atoms with E-state index in [1.165, 1.54) is 4.70 Å². The summed E-state index contributed by atoms with van der Waals surface area (Å²) in [6.07, 6.45) is 5.21. The lowest BCUT2D eigenvalue weighted by Gasteiger charge is -2.09. The van der Waals surface area contributed by atoms with Crippen LogP contribution in [-0.4, -0.2) is 18.7 Å². The lowest BCUT2D eigenvalue weighted by atomic mass is 10.2. The molecule has 0 radical (unpaired) electrons. The van der Waals surface area contributed by atoms with E-state index in [4.69, 9.17) is 15.9 Å². The van der Waals surface area contributed by atoms with Gasteiger partial charge in [0.05, 0.1) is 17.3 Å². The maximum Gasteiger partial charge on any atom is 0.162 e. The molecule has 1 heterocycles. The molecule has 0 amide bonds. The summed E-state index contributed by atoms with van der Waals surface area (Å²) in [5, 5.41) is 0.956. The number of rotatable bonds is 4. The predicted molar refractivity (Wildman–Crippen MR) is 85.9 cm³/mol. The molecule has 21 heavy (non-hydrogen) atoms. The van der Waals surface area contributed by atoms with Gasteiger partial charge in [-0.1, -0.05) is 18.1 Å². The van der Waals surface area contributed by atoms with E-state index in [1.807, 2.05) is 36.4 Å². The van der Waals surface area contributed by atoms with E-state index in [0.29, 0.717) is 11.5 Å². The van der Waals surface area contributed by atoms with Gasteiger partial charge in [-0.05, 0) is 30.3 Å². The van der Waals surface area contributed by atoms with Crippen LogP contribution in [0.4, 0.5) is 0 Å². The Morgan fingerprint density at radius 2 is 2.05 bits per heavy atom. The highest BCUT2D eigenvalue weighted by Crippen LogP contribution is 2.35. The molecule has 0 aliphatic rings. The Kier molecular flexibility index (Phi) is 3.76. The Morgan fingerprint density at radius 1 is 1.19 bits per heavy atom. The Morgan fingerprint density at radius 3 is 2.81 bits per heavy atom. The number of hydrogen-bond donors (Lipinski definition) is 0. The average Bonchev–Trinajstić information content (AvgIpc) is 2.96. The van der Waals surface area contributed by atoms with Crippen LogP contribution in [0.1, 0.15) is 0 Å². The molecule has 104 valence electrons. The zero-order valence-electron chi connectivity index (χ0n) is 11.5. The zero-order chi connectivity index (χ0) is 14.7. The number of para-hydroxylation sites is 1. The van der Waals surface area contributed by atoms with Crippen LogP contribution in [0, 0.1) is 12.3 Å². The average molecular weight is 295 g/mol. The van der Waals surface area contributed by atoms with Crippen molar-refractivity contribution in [2.45, 2.75) is 0 Å². The van der Waals surface area contributed by atoms with Gasteiger partial charge in [0.2, 0.25) is 0 Å². The molecule has 3 aromatic rings. The summed E-state index contributed by atoms with van der Waals surface area (Å²) in [6.45, 7) is 0.219. The summed E-state index contributed by atoms with van der Waals surface area (Å²) < 4.78 is 12.0. The van der Waals surface area contributed by atoms with Crippen LogP contribution >= 0.6 is 11.3 Å². The van der Waals surface area contributed by atoms with Crippen molar-refractivity contribution in [2.24, 2.45) is 0 Å². The molecule has 0 aliphatic heterocycles. The van der Waals surface area contributed by atoms with Crippen LogP contribution < -0.4 is 9.47 Å². The number of benzene rings is 2. The Labute approximate surface area is 127 Å². The second-order valence-corrected chi connectivity index (χ2v) is 5.38. The minimum atomic E-state index is 0.219. The summed E-state index contributed by atoms with van der Waals surface area (Å²) in [6, 6.07) is 13.8. The predicted octanol–water partition coefficient (Wildman–Crippen LogP) is 3.98. The number of thiazole rings is 1. The number of ether oxygens (including phenoxy) is 2. The fourth-order valence-corrected chi connectivity index (χ4v) is 3.00. The van der Waals surface area contributed by atoms with Crippen molar-refractivity contribution >= 4 is 21.6 Å². The maximum absolute atomic E-state index is 5.45. The Bertz CT molecular complexity index is 784. The molecule has 0 saturated carbocycles. The van der Waals surface area contributed by atoms with E-state index in [1.54, 1.807) is 18.4 Å². The van der Waals surface area contributed by atoms with Gasteiger partial charge in [-0.25, -0.2) is 4.98 Å². The second-order valence-electron chi connectivity index (χ2n) is 4.35. The second kappa shape index (κ2) is 5.86. The standard InChI is InChI=1S/C17H13NO2S/c1-3-10-20-14-9-8-12(11-15(14)19-2)17-18-13-6-4-5-7-16(13)21-17/h1,4-9,11H,10H2,2H3. The molecular formula is C17H13NO2S. The van der Waals surface area contributed by atoms with E-state index >= 15 is 0 Å². The van der Waals surface area contributed by atoms with Crippen molar-refractivity contribution in [1.29, 1.82) is 0 Å². The summed E-state index contributed by atoms with van der Waals surface area (Å²) in [5.74, 6) is 3.74. The van der Waals surface area contributed by atoms with Crippen molar-refractivity contribution in [3.05, 3.63) is 42.5 Å². The van der Waals surface area contributed by atoms with Gasteiger partial charge >= 0.3 is 0 Å². The number of terminal acetylenes is 1. The van der Waals surface area contributed by atoms with E-state index < -0.39 is 0 Å². The molecule has 3 nitrogen and oxygen atoms in total. The van der Waals surface area contributed by atoms with Crippen LogP contribution in [0.15, 0.2) is 42.5 Å². The van der Waals surface area contributed by atoms with Gasteiger partial charge in [0.25, 0.3) is 0 Å². The minimum absolute atomic E-state index is 0.219. The minimum Gasteiger partial charge on any atom is -0.493 e. The van der Waals surface area contributed by atoms with Gasteiger partial charge in [0.1, 0.15) is 11.6 Å². The van der Waals surface area contributed by atoms with Gasteiger partial charge in [-0.3, -0.25) is 0 Å². The van der Waals surface area contributed by atoms with Crippen LogP contribution in [0.5, 0.6) is 11.5 Å².